The molecule has 1 aromatic rings. The maximum atomic E-state index is 12.2. The van der Waals surface area contributed by atoms with Crippen LogP contribution < -0.4 is 4.31 Å². The number of benzene rings is 1. The summed E-state index contributed by atoms with van der Waals surface area (Å²) in [6.45, 7) is 3.79. The molecule has 0 heterocycles. The predicted molar refractivity (Wildman–Crippen MR) is 76.2 cm³/mol. The fraction of sp³-hybridized carbons (Fsp3) is 0.462. The molecule has 0 fully saturated rings. The van der Waals surface area contributed by atoms with E-state index in [2.05, 4.69) is 0 Å². The van der Waals surface area contributed by atoms with E-state index in [0.29, 0.717) is 5.69 Å². The number of ether oxygens (including phenoxy) is 1. The molecule has 0 radical (unpaired) electrons. The molecule has 112 valence electrons. The van der Waals surface area contributed by atoms with Gasteiger partial charge in [-0.25, -0.2) is 8.42 Å². The molecule has 0 spiro atoms. The van der Waals surface area contributed by atoms with Crippen LogP contribution in [0.15, 0.2) is 24.3 Å². The van der Waals surface area contributed by atoms with Crippen LogP contribution in [0, 0.1) is 0 Å². The van der Waals surface area contributed by atoms with Gasteiger partial charge in [0.1, 0.15) is 5.75 Å². The van der Waals surface area contributed by atoms with E-state index in [0.717, 1.165) is 4.31 Å². The van der Waals surface area contributed by atoms with Gasteiger partial charge >= 0.3 is 5.97 Å². The van der Waals surface area contributed by atoms with Crippen LogP contribution in [0.25, 0.3) is 0 Å². The van der Waals surface area contributed by atoms with Crippen LogP contribution in [-0.4, -0.2) is 38.4 Å². The molecule has 1 rings (SSSR count). The van der Waals surface area contributed by atoms with Gasteiger partial charge in [-0.2, -0.15) is 0 Å². The zero-order chi connectivity index (χ0) is 15.2. The van der Waals surface area contributed by atoms with Crippen molar-refractivity contribution < 1.29 is 23.1 Å². The lowest BCUT2D eigenvalue weighted by atomic mass is 10.3. The maximum absolute atomic E-state index is 12.2. The number of hydrogen-bond donors (Lipinski definition) is 1. The van der Waals surface area contributed by atoms with Crippen molar-refractivity contribution in [3.63, 3.8) is 0 Å². The molecule has 0 aliphatic carbocycles. The van der Waals surface area contributed by atoms with Crippen molar-refractivity contribution in [1.29, 1.82) is 0 Å². The summed E-state index contributed by atoms with van der Waals surface area (Å²) in [6, 6.07) is 5.98. The standard InChI is InChI=1S/C13H19NO5S/c1-3-14(11-6-5-7-12(15)10-11)20(17,18)9-8-13(16)19-4-2/h5-7,10,15H,3-4,8-9H2,1-2H3. The Morgan fingerprint density at radius 1 is 1.35 bits per heavy atom. The number of nitrogens with zero attached hydrogens (tertiary/aromatic N) is 1. The molecule has 1 N–H and O–H groups in total. The number of carbonyl (C=O) groups excluding carboxylic acids is 1. The molecule has 0 aromatic heterocycles. The number of phenolic OH excluding ortho intramolecular Hbond substituents is 1. The zero-order valence-electron chi connectivity index (χ0n) is 11.6. The van der Waals surface area contributed by atoms with Gasteiger partial charge < -0.3 is 9.84 Å². The third-order valence-corrected chi connectivity index (χ3v) is 4.47. The van der Waals surface area contributed by atoms with Gasteiger partial charge in [-0.15, -0.1) is 0 Å². The van der Waals surface area contributed by atoms with Crippen molar-refractivity contribution in [2.75, 3.05) is 23.2 Å². The van der Waals surface area contributed by atoms with E-state index >= 15 is 0 Å². The van der Waals surface area contributed by atoms with E-state index < -0.39 is 16.0 Å². The molecule has 0 atom stereocenters. The third-order valence-electron chi connectivity index (χ3n) is 2.61. The number of anilines is 1. The highest BCUT2D eigenvalue weighted by Crippen LogP contribution is 2.23. The first kappa shape index (κ1) is 16.3. The lowest BCUT2D eigenvalue weighted by molar-refractivity contribution is -0.142. The summed E-state index contributed by atoms with van der Waals surface area (Å²) in [7, 11) is -3.63. The van der Waals surface area contributed by atoms with Crippen LogP contribution in [0.5, 0.6) is 5.75 Å². The van der Waals surface area contributed by atoms with Crippen LogP contribution in [0.3, 0.4) is 0 Å². The second-order valence-corrected chi connectivity index (χ2v) is 6.07. The number of phenols is 1. The summed E-state index contributed by atoms with van der Waals surface area (Å²) in [5.41, 5.74) is 0.372. The van der Waals surface area contributed by atoms with E-state index in [1.54, 1.807) is 26.0 Å². The second kappa shape index (κ2) is 7.14. The Labute approximate surface area is 119 Å². The molecule has 1 aromatic carbocycles. The summed E-state index contributed by atoms with van der Waals surface area (Å²) in [6.07, 6.45) is -0.189. The van der Waals surface area contributed by atoms with Gasteiger partial charge in [0.15, 0.2) is 0 Å². The summed E-state index contributed by atoms with van der Waals surface area (Å²) >= 11 is 0. The molecule has 0 amide bonds. The van der Waals surface area contributed by atoms with Gasteiger partial charge in [-0.3, -0.25) is 9.10 Å². The number of rotatable bonds is 7. The van der Waals surface area contributed by atoms with Crippen LogP contribution in [0.2, 0.25) is 0 Å². The molecule has 0 unspecified atom stereocenters. The number of esters is 1. The smallest absolute Gasteiger partial charge is 0.306 e. The number of carbonyl (C=O) groups is 1. The average Bonchev–Trinajstić information content (AvgIpc) is 2.37. The minimum Gasteiger partial charge on any atom is -0.508 e. The lowest BCUT2D eigenvalue weighted by Gasteiger charge is -2.22. The van der Waals surface area contributed by atoms with Gasteiger partial charge in [0.25, 0.3) is 0 Å². The van der Waals surface area contributed by atoms with E-state index in [4.69, 9.17) is 4.74 Å². The molecule has 0 bridgehead atoms. The highest BCUT2D eigenvalue weighted by Gasteiger charge is 2.22. The fourth-order valence-electron chi connectivity index (χ4n) is 1.74. The Hall–Kier alpha value is -1.76. The molecular weight excluding hydrogens is 282 g/mol. The SMILES string of the molecule is CCOC(=O)CCS(=O)(=O)N(CC)c1cccc(O)c1. The largest absolute Gasteiger partial charge is 0.508 e. The average molecular weight is 301 g/mol. The van der Waals surface area contributed by atoms with Crippen LogP contribution in [-0.2, 0) is 19.6 Å². The summed E-state index contributed by atoms with van der Waals surface area (Å²) in [4.78, 5) is 11.2. The Morgan fingerprint density at radius 2 is 2.05 bits per heavy atom. The fourth-order valence-corrected chi connectivity index (χ4v) is 3.22. The van der Waals surface area contributed by atoms with Gasteiger partial charge in [0.05, 0.1) is 24.5 Å². The lowest BCUT2D eigenvalue weighted by Crippen LogP contribution is -2.33. The van der Waals surface area contributed by atoms with Crippen molar-refractivity contribution >= 4 is 21.7 Å². The van der Waals surface area contributed by atoms with E-state index in [9.17, 15) is 18.3 Å². The molecule has 0 saturated carbocycles. The summed E-state index contributed by atoms with van der Waals surface area (Å²) in [5, 5.41) is 9.42. The predicted octanol–water partition coefficient (Wildman–Crippen LogP) is 1.50. The number of hydrogen-bond acceptors (Lipinski definition) is 5. The first-order chi connectivity index (χ1) is 9.40. The van der Waals surface area contributed by atoms with Crippen molar-refractivity contribution in [2.24, 2.45) is 0 Å². The normalized spacial score (nSPS) is 11.1. The summed E-state index contributed by atoms with van der Waals surface area (Å²) < 4.78 is 30.3. The van der Waals surface area contributed by atoms with Crippen LogP contribution in [0.1, 0.15) is 20.3 Å². The molecule has 6 nitrogen and oxygen atoms in total. The topological polar surface area (TPSA) is 83.9 Å². The summed E-state index contributed by atoms with van der Waals surface area (Å²) in [5.74, 6) is -0.875. The molecule has 7 heteroatoms. The van der Waals surface area contributed by atoms with E-state index in [1.165, 1.54) is 12.1 Å². The quantitative estimate of drug-likeness (QED) is 0.772. The van der Waals surface area contributed by atoms with Gasteiger partial charge in [-0.05, 0) is 26.0 Å². The minimum absolute atomic E-state index is 0.0125. The first-order valence-electron chi connectivity index (χ1n) is 6.35. The molecule has 0 aliphatic rings. The number of sulfonamides is 1. The van der Waals surface area contributed by atoms with Crippen LogP contribution in [0.4, 0.5) is 5.69 Å². The molecule has 0 aliphatic heterocycles. The van der Waals surface area contributed by atoms with Gasteiger partial charge in [-0.1, -0.05) is 6.07 Å². The number of aromatic hydroxyl groups is 1. The van der Waals surface area contributed by atoms with Crippen LogP contribution >= 0.6 is 0 Å². The Bertz CT molecular complexity index is 556. The van der Waals surface area contributed by atoms with E-state index in [-0.39, 0.29) is 31.1 Å². The van der Waals surface area contributed by atoms with Crippen molar-refractivity contribution in [3.05, 3.63) is 24.3 Å². The third kappa shape index (κ3) is 4.41. The highest BCUT2D eigenvalue weighted by molar-refractivity contribution is 7.92. The van der Waals surface area contributed by atoms with Gasteiger partial charge in [0, 0.05) is 12.6 Å². The molecular formula is C13H19NO5S. The monoisotopic (exact) mass is 301 g/mol. The van der Waals surface area contributed by atoms with Crippen molar-refractivity contribution in [2.45, 2.75) is 20.3 Å². The van der Waals surface area contributed by atoms with Crippen molar-refractivity contribution in [3.8, 4) is 5.75 Å². The Kier molecular flexibility index (Phi) is 5.82. The Balaban J connectivity index is 2.85. The first-order valence-corrected chi connectivity index (χ1v) is 7.96. The Morgan fingerprint density at radius 3 is 2.60 bits per heavy atom. The molecule has 20 heavy (non-hydrogen) atoms. The maximum Gasteiger partial charge on any atom is 0.306 e. The minimum atomic E-state index is -3.63. The second-order valence-electron chi connectivity index (χ2n) is 4.06. The molecule has 0 saturated heterocycles. The van der Waals surface area contributed by atoms with Crippen molar-refractivity contribution in [1.82, 2.24) is 0 Å². The highest BCUT2D eigenvalue weighted by atomic mass is 32.2. The zero-order valence-corrected chi connectivity index (χ0v) is 12.4. The van der Waals surface area contributed by atoms with E-state index in [1.807, 2.05) is 0 Å². The van der Waals surface area contributed by atoms with Gasteiger partial charge in [0.2, 0.25) is 10.0 Å².